The highest BCUT2D eigenvalue weighted by Gasteiger charge is 2.27. The van der Waals surface area contributed by atoms with Crippen molar-refractivity contribution in [3.8, 4) is 0 Å². The van der Waals surface area contributed by atoms with Gasteiger partial charge in [-0.05, 0) is 12.8 Å². The van der Waals surface area contributed by atoms with E-state index in [2.05, 4.69) is 37.7 Å². The van der Waals surface area contributed by atoms with Crippen LogP contribution in [0.3, 0.4) is 0 Å². The lowest BCUT2D eigenvalue weighted by molar-refractivity contribution is -0.858. The van der Waals surface area contributed by atoms with Crippen molar-refractivity contribution in [3.63, 3.8) is 0 Å². The second-order valence-corrected chi connectivity index (χ2v) is 10.1. The summed E-state index contributed by atoms with van der Waals surface area (Å²) < 4.78 is 0.841. The van der Waals surface area contributed by atoms with Gasteiger partial charge in [0.05, 0.1) is 19.6 Å². The van der Waals surface area contributed by atoms with Crippen molar-refractivity contribution in [1.82, 2.24) is 5.43 Å². The van der Waals surface area contributed by atoms with Gasteiger partial charge < -0.3 is 12.4 Å². The van der Waals surface area contributed by atoms with E-state index in [1.807, 2.05) is 0 Å². The fourth-order valence-corrected chi connectivity index (χ4v) is 4.74. The minimum absolute atomic E-state index is 0. The molecule has 0 saturated carbocycles. The zero-order valence-corrected chi connectivity index (χ0v) is 22.2. The van der Waals surface area contributed by atoms with Crippen molar-refractivity contribution >= 4 is 6.34 Å². The molecule has 1 aliphatic heterocycles. The van der Waals surface area contributed by atoms with Gasteiger partial charge in [-0.15, -0.1) is 0 Å². The van der Waals surface area contributed by atoms with Crippen molar-refractivity contribution in [2.75, 3.05) is 20.1 Å². The molecule has 0 aromatic carbocycles. The van der Waals surface area contributed by atoms with Crippen LogP contribution in [0.1, 0.15) is 142 Å². The van der Waals surface area contributed by atoms with Crippen molar-refractivity contribution in [3.05, 3.63) is 0 Å². The molecule has 0 aromatic heterocycles. The summed E-state index contributed by atoms with van der Waals surface area (Å²) in [6, 6.07) is 0.658. The molecule has 0 amide bonds. The van der Waals surface area contributed by atoms with Gasteiger partial charge >= 0.3 is 0 Å². The first kappa shape index (κ1) is 30.9. The highest BCUT2D eigenvalue weighted by Crippen LogP contribution is 2.16. The fourth-order valence-electron chi connectivity index (χ4n) is 4.74. The molecule has 4 heteroatoms. The third-order valence-corrected chi connectivity index (χ3v) is 6.82. The maximum Gasteiger partial charge on any atom is 0.204 e. The molecule has 31 heavy (non-hydrogen) atoms. The van der Waals surface area contributed by atoms with E-state index in [9.17, 15) is 0 Å². The molecule has 3 nitrogen and oxygen atoms in total. The first-order chi connectivity index (χ1) is 14.7. The van der Waals surface area contributed by atoms with Crippen LogP contribution in [0.25, 0.3) is 0 Å². The predicted octanol–water partition coefficient (Wildman–Crippen LogP) is 5.19. The topological polar surface area (TPSA) is 24.4 Å². The number of hydrogen-bond acceptors (Lipinski definition) is 2. The van der Waals surface area contributed by atoms with Gasteiger partial charge in [0.25, 0.3) is 0 Å². The van der Waals surface area contributed by atoms with Crippen LogP contribution < -0.4 is 17.8 Å². The van der Waals surface area contributed by atoms with Gasteiger partial charge in [-0.25, -0.2) is 9.58 Å². The summed E-state index contributed by atoms with van der Waals surface area (Å²) in [6.07, 6.45) is 30.6. The van der Waals surface area contributed by atoms with Gasteiger partial charge in [0.1, 0.15) is 6.54 Å². The molecule has 0 spiro atoms. The summed E-state index contributed by atoms with van der Waals surface area (Å²) in [6.45, 7) is 6.69. The van der Waals surface area contributed by atoms with Gasteiger partial charge in [0.2, 0.25) is 6.34 Å². The van der Waals surface area contributed by atoms with E-state index in [0.717, 1.165) is 17.7 Å². The summed E-state index contributed by atoms with van der Waals surface area (Å²) in [5.41, 5.74) is 3.87. The summed E-state index contributed by atoms with van der Waals surface area (Å²) in [5, 5.41) is 0. The number of quaternary nitrogens is 1. The third-order valence-electron chi connectivity index (χ3n) is 6.82. The first-order valence-corrected chi connectivity index (χ1v) is 13.8. The average Bonchev–Trinajstić information content (AvgIpc) is 3.17. The molecule has 2 atom stereocenters. The smallest absolute Gasteiger partial charge is 0.204 e. The fraction of sp³-hybridized carbons (Fsp3) is 0.963. The molecule has 0 fully saturated rings. The second-order valence-electron chi connectivity index (χ2n) is 10.1. The molecular weight excluding hydrogens is 402 g/mol. The molecule has 0 aliphatic carbocycles. The quantitative estimate of drug-likeness (QED) is 0.175. The Morgan fingerprint density at radius 1 is 0.677 bits per heavy atom. The van der Waals surface area contributed by atoms with E-state index >= 15 is 0 Å². The minimum atomic E-state index is 0. The highest BCUT2D eigenvalue weighted by atomic mass is 35.5. The Labute approximate surface area is 202 Å². The van der Waals surface area contributed by atoms with E-state index in [0.29, 0.717) is 6.04 Å². The largest absolute Gasteiger partial charge is 1.00 e. The van der Waals surface area contributed by atoms with Gasteiger partial charge in [-0.1, -0.05) is 129 Å². The molecule has 1 N–H and O–H groups in total. The third kappa shape index (κ3) is 18.0. The molecule has 2 unspecified atom stereocenters. The van der Waals surface area contributed by atoms with Gasteiger partial charge in [-0.2, -0.15) is 5.43 Å². The summed E-state index contributed by atoms with van der Waals surface area (Å²) >= 11 is 0. The summed E-state index contributed by atoms with van der Waals surface area (Å²) in [7, 11) is 2.27. The normalized spacial score (nSPS) is 18.9. The standard InChI is InChI=1S/C27H56N3.ClH/c1-4-6-8-9-10-11-12-13-14-15-16-17-18-19-20-21-23-27(22-7-5-2)29-30(3)25-24-28-26-30;/h26-27,29H,4-25H2,1-3H3;1H/q+1;/p-1. The van der Waals surface area contributed by atoms with Crippen molar-refractivity contribution in [1.29, 1.82) is 0 Å². The van der Waals surface area contributed by atoms with Crippen molar-refractivity contribution in [2.24, 2.45) is 4.99 Å². The van der Waals surface area contributed by atoms with Crippen LogP contribution in [-0.4, -0.2) is 37.1 Å². The zero-order chi connectivity index (χ0) is 21.8. The molecule has 0 aromatic rings. The summed E-state index contributed by atoms with van der Waals surface area (Å²) in [5.74, 6) is 0. The van der Waals surface area contributed by atoms with E-state index < -0.39 is 0 Å². The van der Waals surface area contributed by atoms with Gasteiger partial charge in [0.15, 0.2) is 0 Å². The SMILES string of the molecule is CCCCCCCCCCCCCCCCCCC(CCCC)N[N+]1(C)C=NCC1.[Cl-]. The Hall–Kier alpha value is -0.120. The van der Waals surface area contributed by atoms with Crippen LogP contribution in [0.5, 0.6) is 0 Å². The van der Waals surface area contributed by atoms with Crippen molar-refractivity contribution in [2.45, 2.75) is 148 Å². The lowest BCUT2D eigenvalue weighted by Crippen LogP contribution is -3.00. The van der Waals surface area contributed by atoms with E-state index in [1.54, 1.807) is 0 Å². The van der Waals surface area contributed by atoms with Crippen LogP contribution in [0, 0.1) is 0 Å². The van der Waals surface area contributed by atoms with Gasteiger partial charge in [0, 0.05) is 0 Å². The molecule has 0 bridgehead atoms. The number of hydrogen-bond donors (Lipinski definition) is 1. The van der Waals surface area contributed by atoms with Crippen LogP contribution >= 0.6 is 0 Å². The van der Waals surface area contributed by atoms with Gasteiger partial charge in [-0.3, -0.25) is 0 Å². The molecule has 1 aliphatic rings. The molecule has 1 heterocycles. The number of nitrogens with one attached hydrogen (secondary N) is 1. The number of likely N-dealkylation sites (N-methyl/N-ethyl adjacent to an activating group) is 1. The predicted molar refractivity (Wildman–Crippen MR) is 135 cm³/mol. The molecule has 186 valence electrons. The van der Waals surface area contributed by atoms with E-state index in [-0.39, 0.29) is 12.4 Å². The second kappa shape index (κ2) is 21.7. The maximum absolute atomic E-state index is 4.43. The number of aliphatic imine (C=N–C) groups is 1. The number of rotatable bonds is 22. The zero-order valence-electron chi connectivity index (χ0n) is 21.5. The Bertz CT molecular complexity index is 402. The number of halogens is 1. The Balaban J connectivity index is 0.00000900. The minimum Gasteiger partial charge on any atom is -1.00 e. The maximum atomic E-state index is 4.43. The monoisotopic (exact) mass is 457 g/mol. The van der Waals surface area contributed by atoms with Crippen LogP contribution in [0.15, 0.2) is 4.99 Å². The molecule has 0 radical (unpaired) electrons. The van der Waals surface area contributed by atoms with Crippen LogP contribution in [0.2, 0.25) is 0 Å². The van der Waals surface area contributed by atoms with Crippen molar-refractivity contribution < 1.29 is 17.0 Å². The lowest BCUT2D eigenvalue weighted by atomic mass is 10.0. The van der Waals surface area contributed by atoms with E-state index in [1.165, 1.54) is 128 Å². The average molecular weight is 458 g/mol. The molecular formula is C27H56ClN3. The Morgan fingerprint density at radius 2 is 1.10 bits per heavy atom. The first-order valence-electron chi connectivity index (χ1n) is 13.8. The Morgan fingerprint density at radius 3 is 1.52 bits per heavy atom. The molecule has 1 rings (SSSR count). The Kier molecular flexibility index (Phi) is 21.6. The van der Waals surface area contributed by atoms with Crippen LogP contribution in [0.4, 0.5) is 0 Å². The van der Waals surface area contributed by atoms with Crippen LogP contribution in [-0.2, 0) is 0 Å². The number of nitrogens with zero attached hydrogens (tertiary/aromatic N) is 2. The van der Waals surface area contributed by atoms with E-state index in [4.69, 9.17) is 0 Å². The number of unbranched alkanes of at least 4 members (excludes halogenated alkanes) is 16. The molecule has 0 saturated heterocycles. The lowest BCUT2D eigenvalue weighted by Gasteiger charge is -2.30. The highest BCUT2D eigenvalue weighted by molar-refractivity contribution is 5.47. The summed E-state index contributed by atoms with van der Waals surface area (Å²) in [4.78, 5) is 4.43.